The number of benzene rings is 1. The predicted octanol–water partition coefficient (Wildman–Crippen LogP) is 4.46. The standard InChI is InChI=1S/C20H23N5/c1-13-9-14(2)19(15(3)10-13)25-20-23-16(4)11-18(24-20)22-12-17-5-7-21-8-6-17/h5-11H,12H2,1-4H3,(H2,22,23,24,25). The van der Waals surface area contributed by atoms with Crippen LogP contribution in [0.3, 0.4) is 0 Å². The van der Waals surface area contributed by atoms with Gasteiger partial charge in [0.05, 0.1) is 0 Å². The molecule has 3 rings (SSSR count). The minimum Gasteiger partial charge on any atom is -0.366 e. The Morgan fingerprint density at radius 1 is 0.880 bits per heavy atom. The molecule has 5 heteroatoms. The lowest BCUT2D eigenvalue weighted by Gasteiger charge is -2.14. The Kier molecular flexibility index (Phi) is 4.93. The maximum absolute atomic E-state index is 4.60. The quantitative estimate of drug-likeness (QED) is 0.722. The Bertz CT molecular complexity index is 852. The fourth-order valence-electron chi connectivity index (χ4n) is 2.90. The van der Waals surface area contributed by atoms with E-state index in [4.69, 9.17) is 0 Å². The summed E-state index contributed by atoms with van der Waals surface area (Å²) in [5.41, 5.74) is 6.77. The molecule has 0 saturated heterocycles. The normalized spacial score (nSPS) is 10.6. The van der Waals surface area contributed by atoms with Gasteiger partial charge in [-0.15, -0.1) is 0 Å². The van der Waals surface area contributed by atoms with Crippen molar-refractivity contribution in [1.29, 1.82) is 0 Å². The Labute approximate surface area is 148 Å². The van der Waals surface area contributed by atoms with Gasteiger partial charge >= 0.3 is 0 Å². The van der Waals surface area contributed by atoms with Gasteiger partial charge in [0.15, 0.2) is 0 Å². The maximum atomic E-state index is 4.60. The molecule has 2 heterocycles. The first kappa shape index (κ1) is 16.9. The first-order chi connectivity index (χ1) is 12.0. The van der Waals surface area contributed by atoms with Gasteiger partial charge in [-0.1, -0.05) is 17.7 Å². The largest absolute Gasteiger partial charge is 0.366 e. The second-order valence-corrected chi connectivity index (χ2v) is 6.33. The van der Waals surface area contributed by atoms with E-state index < -0.39 is 0 Å². The van der Waals surface area contributed by atoms with Crippen molar-refractivity contribution in [3.63, 3.8) is 0 Å². The zero-order valence-electron chi connectivity index (χ0n) is 15.1. The summed E-state index contributed by atoms with van der Waals surface area (Å²) in [5.74, 6) is 1.40. The van der Waals surface area contributed by atoms with E-state index in [9.17, 15) is 0 Å². The molecule has 0 spiro atoms. The summed E-state index contributed by atoms with van der Waals surface area (Å²) in [5, 5.41) is 6.72. The SMILES string of the molecule is Cc1cc(C)c(Nc2nc(C)cc(NCc3ccncc3)n2)c(C)c1. The molecule has 25 heavy (non-hydrogen) atoms. The van der Waals surface area contributed by atoms with E-state index in [0.717, 1.165) is 22.8 Å². The number of aryl methyl sites for hydroxylation is 4. The van der Waals surface area contributed by atoms with Gasteiger partial charge in [-0.05, 0) is 56.5 Å². The minimum absolute atomic E-state index is 0.604. The van der Waals surface area contributed by atoms with Gasteiger partial charge in [0, 0.05) is 36.4 Å². The fourth-order valence-corrected chi connectivity index (χ4v) is 2.90. The van der Waals surface area contributed by atoms with Crippen LogP contribution in [0.15, 0.2) is 42.7 Å². The molecule has 0 atom stereocenters. The van der Waals surface area contributed by atoms with Crippen molar-refractivity contribution >= 4 is 17.5 Å². The Morgan fingerprint density at radius 3 is 2.24 bits per heavy atom. The fraction of sp³-hybridized carbons (Fsp3) is 0.250. The van der Waals surface area contributed by atoms with Crippen LogP contribution in [0, 0.1) is 27.7 Å². The molecular formula is C20H23N5. The summed E-state index contributed by atoms with van der Waals surface area (Å²) in [7, 11) is 0. The average molecular weight is 333 g/mol. The topological polar surface area (TPSA) is 62.7 Å². The Balaban J connectivity index is 1.80. The molecule has 0 saturated carbocycles. The van der Waals surface area contributed by atoms with Crippen LogP contribution in [0.1, 0.15) is 27.9 Å². The van der Waals surface area contributed by atoms with E-state index in [2.05, 4.69) is 58.5 Å². The third-order valence-corrected chi connectivity index (χ3v) is 3.99. The minimum atomic E-state index is 0.604. The molecule has 3 aromatic rings. The molecule has 0 amide bonds. The first-order valence-corrected chi connectivity index (χ1v) is 8.34. The van der Waals surface area contributed by atoms with Crippen molar-refractivity contribution < 1.29 is 0 Å². The molecular weight excluding hydrogens is 310 g/mol. The van der Waals surface area contributed by atoms with Crippen molar-refractivity contribution in [2.24, 2.45) is 0 Å². The lowest BCUT2D eigenvalue weighted by molar-refractivity contribution is 1.05. The smallest absolute Gasteiger partial charge is 0.229 e. The van der Waals surface area contributed by atoms with Crippen LogP contribution < -0.4 is 10.6 Å². The summed E-state index contributed by atoms with van der Waals surface area (Å²) < 4.78 is 0. The number of hydrogen-bond donors (Lipinski definition) is 2. The molecule has 0 unspecified atom stereocenters. The summed E-state index contributed by atoms with van der Waals surface area (Å²) in [4.78, 5) is 13.2. The predicted molar refractivity (Wildman–Crippen MR) is 102 cm³/mol. The molecule has 0 bridgehead atoms. The van der Waals surface area contributed by atoms with Gasteiger partial charge in [0.2, 0.25) is 5.95 Å². The summed E-state index contributed by atoms with van der Waals surface area (Å²) in [6.07, 6.45) is 3.58. The zero-order valence-corrected chi connectivity index (χ0v) is 15.1. The highest BCUT2D eigenvalue weighted by Crippen LogP contribution is 2.25. The number of aromatic nitrogens is 3. The lowest BCUT2D eigenvalue weighted by atomic mass is 10.1. The van der Waals surface area contributed by atoms with Crippen molar-refractivity contribution in [1.82, 2.24) is 15.0 Å². The number of nitrogens with one attached hydrogen (secondary N) is 2. The third kappa shape index (κ3) is 4.32. The number of anilines is 3. The van der Waals surface area contributed by atoms with Gasteiger partial charge in [-0.3, -0.25) is 4.98 Å². The number of rotatable bonds is 5. The molecule has 2 aromatic heterocycles. The van der Waals surface area contributed by atoms with Crippen LogP contribution in [-0.4, -0.2) is 15.0 Å². The highest BCUT2D eigenvalue weighted by Gasteiger charge is 2.08. The molecule has 0 fully saturated rings. The van der Waals surface area contributed by atoms with Crippen LogP contribution in [0.5, 0.6) is 0 Å². The molecule has 0 radical (unpaired) electrons. The van der Waals surface area contributed by atoms with Gasteiger partial charge in [-0.25, -0.2) is 4.98 Å². The molecule has 0 aliphatic carbocycles. The van der Waals surface area contributed by atoms with Crippen LogP contribution in [0.25, 0.3) is 0 Å². The highest BCUT2D eigenvalue weighted by atomic mass is 15.1. The van der Waals surface area contributed by atoms with Crippen LogP contribution in [0.4, 0.5) is 17.5 Å². The van der Waals surface area contributed by atoms with E-state index in [1.54, 1.807) is 12.4 Å². The molecule has 0 aliphatic rings. The Hall–Kier alpha value is -2.95. The van der Waals surface area contributed by atoms with Crippen molar-refractivity contribution in [2.75, 3.05) is 10.6 Å². The summed E-state index contributed by atoms with van der Waals surface area (Å²) in [6, 6.07) is 10.2. The van der Waals surface area contributed by atoms with E-state index in [1.165, 1.54) is 16.7 Å². The monoisotopic (exact) mass is 333 g/mol. The Morgan fingerprint density at radius 2 is 1.56 bits per heavy atom. The average Bonchev–Trinajstić information content (AvgIpc) is 2.57. The third-order valence-electron chi connectivity index (χ3n) is 3.99. The van der Waals surface area contributed by atoms with Crippen molar-refractivity contribution in [3.8, 4) is 0 Å². The number of hydrogen-bond acceptors (Lipinski definition) is 5. The van der Waals surface area contributed by atoms with Crippen molar-refractivity contribution in [3.05, 3.63) is 70.7 Å². The van der Waals surface area contributed by atoms with E-state index in [-0.39, 0.29) is 0 Å². The van der Waals surface area contributed by atoms with Crippen LogP contribution in [0.2, 0.25) is 0 Å². The lowest BCUT2D eigenvalue weighted by Crippen LogP contribution is -2.07. The number of nitrogens with zero attached hydrogens (tertiary/aromatic N) is 3. The second kappa shape index (κ2) is 7.30. The van der Waals surface area contributed by atoms with Gasteiger partial charge in [0.1, 0.15) is 5.82 Å². The molecule has 128 valence electrons. The van der Waals surface area contributed by atoms with Crippen molar-refractivity contribution in [2.45, 2.75) is 34.2 Å². The van der Waals surface area contributed by atoms with E-state index >= 15 is 0 Å². The molecule has 0 aliphatic heterocycles. The van der Waals surface area contributed by atoms with Crippen LogP contribution in [-0.2, 0) is 6.54 Å². The maximum Gasteiger partial charge on any atom is 0.229 e. The molecule has 5 nitrogen and oxygen atoms in total. The van der Waals surface area contributed by atoms with E-state index in [0.29, 0.717) is 12.5 Å². The van der Waals surface area contributed by atoms with Gasteiger partial charge < -0.3 is 10.6 Å². The summed E-state index contributed by atoms with van der Waals surface area (Å²) >= 11 is 0. The zero-order chi connectivity index (χ0) is 17.8. The second-order valence-electron chi connectivity index (χ2n) is 6.33. The molecule has 2 N–H and O–H groups in total. The highest BCUT2D eigenvalue weighted by molar-refractivity contribution is 5.64. The van der Waals surface area contributed by atoms with Gasteiger partial charge in [0.25, 0.3) is 0 Å². The number of pyridine rings is 1. The van der Waals surface area contributed by atoms with E-state index in [1.807, 2.05) is 25.1 Å². The summed E-state index contributed by atoms with van der Waals surface area (Å²) in [6.45, 7) is 8.97. The van der Waals surface area contributed by atoms with Gasteiger partial charge in [-0.2, -0.15) is 4.98 Å². The van der Waals surface area contributed by atoms with Crippen LogP contribution >= 0.6 is 0 Å². The molecule has 1 aromatic carbocycles. The first-order valence-electron chi connectivity index (χ1n) is 8.34.